The summed E-state index contributed by atoms with van der Waals surface area (Å²) in [5.41, 5.74) is -0.326. The molecule has 2 aliphatic rings. The lowest BCUT2D eigenvalue weighted by molar-refractivity contribution is -0.139. The van der Waals surface area contributed by atoms with Gasteiger partial charge in [-0.1, -0.05) is 0 Å². The summed E-state index contributed by atoms with van der Waals surface area (Å²) in [7, 11) is -1.40. The second kappa shape index (κ2) is 4.90. The van der Waals surface area contributed by atoms with Crippen molar-refractivity contribution in [1.82, 2.24) is 0 Å². The maximum absolute atomic E-state index is 12.4. The molecule has 0 saturated carbocycles. The van der Waals surface area contributed by atoms with Crippen molar-refractivity contribution in [3.05, 3.63) is 0 Å². The zero-order valence-electron chi connectivity index (χ0n) is 10.8. The molecule has 3 unspecified atom stereocenters. The van der Waals surface area contributed by atoms with Crippen molar-refractivity contribution < 1.29 is 23.6 Å². The normalized spacial score (nSPS) is 34.7. The van der Waals surface area contributed by atoms with Crippen LogP contribution in [0.3, 0.4) is 0 Å². The lowest BCUT2D eigenvalue weighted by atomic mass is 9.93. The molecule has 2 fully saturated rings. The van der Waals surface area contributed by atoms with E-state index in [-0.39, 0.29) is 10.9 Å². The van der Waals surface area contributed by atoms with E-state index in [9.17, 15) is 9.00 Å². The first kappa shape index (κ1) is 14.0. The Morgan fingerprint density at radius 1 is 1.44 bits per heavy atom. The molecule has 0 radical (unpaired) electrons. The second-order valence-corrected chi connectivity index (χ2v) is 7.84. The van der Waals surface area contributed by atoms with Crippen molar-refractivity contribution in [2.45, 2.75) is 48.7 Å². The van der Waals surface area contributed by atoms with E-state index in [4.69, 9.17) is 14.6 Å². The number of carbonyl (C=O) groups is 1. The molecule has 104 valence electrons. The molecule has 3 atom stereocenters. The Bertz CT molecular complexity index is 359. The van der Waals surface area contributed by atoms with Gasteiger partial charge in [0.1, 0.15) is 4.75 Å². The maximum Gasteiger partial charge on any atom is 0.321 e. The lowest BCUT2D eigenvalue weighted by Gasteiger charge is -2.38. The largest absolute Gasteiger partial charge is 0.480 e. The Labute approximate surface area is 109 Å². The van der Waals surface area contributed by atoms with Gasteiger partial charge in [-0.3, -0.25) is 9.00 Å². The van der Waals surface area contributed by atoms with Crippen molar-refractivity contribution in [2.24, 2.45) is 0 Å². The Balaban J connectivity index is 2.09. The van der Waals surface area contributed by atoms with E-state index in [2.05, 4.69) is 0 Å². The van der Waals surface area contributed by atoms with Gasteiger partial charge >= 0.3 is 5.97 Å². The van der Waals surface area contributed by atoms with E-state index in [1.165, 1.54) is 13.8 Å². The zero-order chi connectivity index (χ0) is 13.4. The van der Waals surface area contributed by atoms with Crippen LogP contribution < -0.4 is 0 Å². The standard InChI is InChI=1S/C12H20O5S/c1-11(2,10(13)14)18(15)9-3-5-17-12(7-9)4-6-16-8-12/h9H,3-8H2,1-2H3,(H,13,14). The number of carboxylic acids is 1. The number of carboxylic acid groups (broad SMARTS) is 1. The van der Waals surface area contributed by atoms with Gasteiger partial charge < -0.3 is 14.6 Å². The van der Waals surface area contributed by atoms with Crippen LogP contribution in [0.15, 0.2) is 0 Å². The number of hydrogen-bond donors (Lipinski definition) is 1. The highest BCUT2D eigenvalue weighted by molar-refractivity contribution is 7.87. The molecular formula is C12H20O5S. The van der Waals surface area contributed by atoms with E-state index in [1.54, 1.807) is 0 Å². The van der Waals surface area contributed by atoms with Gasteiger partial charge in [-0.25, -0.2) is 0 Å². The highest BCUT2D eigenvalue weighted by Gasteiger charge is 2.47. The predicted molar refractivity (Wildman–Crippen MR) is 67.0 cm³/mol. The second-order valence-electron chi connectivity index (χ2n) is 5.56. The minimum absolute atomic E-state index is 0.119. The Morgan fingerprint density at radius 3 is 2.72 bits per heavy atom. The number of ether oxygens (including phenoxy) is 2. The molecule has 2 rings (SSSR count). The highest BCUT2D eigenvalue weighted by Crippen LogP contribution is 2.36. The zero-order valence-corrected chi connectivity index (χ0v) is 11.6. The van der Waals surface area contributed by atoms with Crippen LogP contribution in [0.1, 0.15) is 33.1 Å². The topological polar surface area (TPSA) is 72.8 Å². The molecule has 2 saturated heterocycles. The average Bonchev–Trinajstić information content (AvgIpc) is 2.76. The van der Waals surface area contributed by atoms with Gasteiger partial charge in [0.25, 0.3) is 0 Å². The highest BCUT2D eigenvalue weighted by atomic mass is 32.2. The monoisotopic (exact) mass is 276 g/mol. The van der Waals surface area contributed by atoms with E-state index >= 15 is 0 Å². The van der Waals surface area contributed by atoms with Gasteiger partial charge in [-0.2, -0.15) is 0 Å². The summed E-state index contributed by atoms with van der Waals surface area (Å²) < 4.78 is 22.4. The van der Waals surface area contributed by atoms with Crippen molar-refractivity contribution in [2.75, 3.05) is 19.8 Å². The molecule has 0 amide bonds. The minimum Gasteiger partial charge on any atom is -0.480 e. The molecule has 0 aromatic rings. The molecule has 0 aromatic heterocycles. The van der Waals surface area contributed by atoms with Gasteiger partial charge in [-0.05, 0) is 26.7 Å². The van der Waals surface area contributed by atoms with Gasteiger partial charge in [0, 0.05) is 35.7 Å². The molecule has 0 aromatic carbocycles. The molecule has 2 aliphatic heterocycles. The predicted octanol–water partition coefficient (Wildman–Crippen LogP) is 0.936. The summed E-state index contributed by atoms with van der Waals surface area (Å²) in [6.07, 6.45) is 2.11. The molecule has 0 aliphatic carbocycles. The molecule has 5 nitrogen and oxygen atoms in total. The first-order valence-corrected chi connectivity index (χ1v) is 7.44. The quantitative estimate of drug-likeness (QED) is 0.830. The Morgan fingerprint density at radius 2 is 2.17 bits per heavy atom. The van der Waals surface area contributed by atoms with Crippen LogP contribution in [-0.2, 0) is 25.1 Å². The SMILES string of the molecule is CC(C)(C(=O)O)S(=O)C1CCOC2(CCOC2)C1. The van der Waals surface area contributed by atoms with Gasteiger partial charge in [-0.15, -0.1) is 0 Å². The van der Waals surface area contributed by atoms with Crippen LogP contribution in [0.2, 0.25) is 0 Å². The fourth-order valence-electron chi connectivity index (χ4n) is 2.53. The molecule has 1 spiro atoms. The first-order valence-electron chi connectivity index (χ1n) is 6.23. The van der Waals surface area contributed by atoms with E-state index in [0.717, 1.165) is 6.42 Å². The summed E-state index contributed by atoms with van der Waals surface area (Å²) in [5, 5.41) is 9.03. The number of aliphatic carboxylic acids is 1. The molecule has 6 heteroatoms. The van der Waals surface area contributed by atoms with Crippen molar-refractivity contribution >= 4 is 16.8 Å². The molecule has 0 bridgehead atoms. The molecule has 18 heavy (non-hydrogen) atoms. The summed E-state index contributed by atoms with van der Waals surface area (Å²) in [4.78, 5) is 11.2. The Kier molecular flexibility index (Phi) is 3.80. The third-order valence-electron chi connectivity index (χ3n) is 3.84. The first-order chi connectivity index (χ1) is 8.37. The maximum atomic E-state index is 12.4. The van der Waals surface area contributed by atoms with Crippen molar-refractivity contribution in [3.63, 3.8) is 0 Å². The smallest absolute Gasteiger partial charge is 0.321 e. The van der Waals surface area contributed by atoms with Crippen molar-refractivity contribution in [1.29, 1.82) is 0 Å². The molecular weight excluding hydrogens is 256 g/mol. The molecule has 1 N–H and O–H groups in total. The molecule has 2 heterocycles. The number of hydrogen-bond acceptors (Lipinski definition) is 4. The third-order valence-corrected chi connectivity index (χ3v) is 6.02. The van der Waals surface area contributed by atoms with Gasteiger partial charge in [0.2, 0.25) is 0 Å². The lowest BCUT2D eigenvalue weighted by Crippen LogP contribution is -2.49. The van der Waals surface area contributed by atoms with Crippen molar-refractivity contribution in [3.8, 4) is 0 Å². The van der Waals surface area contributed by atoms with Crippen LogP contribution in [0.4, 0.5) is 0 Å². The van der Waals surface area contributed by atoms with E-state index < -0.39 is 21.5 Å². The van der Waals surface area contributed by atoms with Crippen LogP contribution in [0.5, 0.6) is 0 Å². The summed E-state index contributed by atoms with van der Waals surface area (Å²) >= 11 is 0. The van der Waals surface area contributed by atoms with Crippen LogP contribution in [-0.4, -0.2) is 50.7 Å². The minimum atomic E-state index is -1.40. The van der Waals surface area contributed by atoms with Gasteiger partial charge in [0.05, 0.1) is 12.2 Å². The fraction of sp³-hybridized carbons (Fsp3) is 0.917. The number of rotatable bonds is 3. The average molecular weight is 276 g/mol. The summed E-state index contributed by atoms with van der Waals surface area (Å²) in [6.45, 7) is 4.79. The third kappa shape index (κ3) is 2.46. The fourth-order valence-corrected chi connectivity index (χ4v) is 4.30. The summed E-state index contributed by atoms with van der Waals surface area (Å²) in [6, 6.07) is 0. The van der Waals surface area contributed by atoms with Crippen LogP contribution >= 0.6 is 0 Å². The van der Waals surface area contributed by atoms with Gasteiger partial charge in [0.15, 0.2) is 0 Å². The van der Waals surface area contributed by atoms with Crippen LogP contribution in [0, 0.1) is 0 Å². The Hall–Kier alpha value is -0.460. The summed E-state index contributed by atoms with van der Waals surface area (Å²) in [5.74, 6) is -1.01. The van der Waals surface area contributed by atoms with E-state index in [1.807, 2.05) is 0 Å². The van der Waals surface area contributed by atoms with Crippen LogP contribution in [0.25, 0.3) is 0 Å². The van der Waals surface area contributed by atoms with E-state index in [0.29, 0.717) is 32.7 Å².